The largest absolute Gasteiger partial charge is 0.468 e. The number of carbonyl (C=O) groups excluding carboxylic acids is 2. The summed E-state index contributed by atoms with van der Waals surface area (Å²) >= 11 is 0. The molecule has 1 aliphatic heterocycles. The van der Waals surface area contributed by atoms with Gasteiger partial charge in [-0.2, -0.15) is 0 Å². The highest BCUT2D eigenvalue weighted by Gasteiger charge is 2.27. The summed E-state index contributed by atoms with van der Waals surface area (Å²) in [5.74, 6) is 0.0737. The predicted molar refractivity (Wildman–Crippen MR) is 73.7 cm³/mol. The van der Waals surface area contributed by atoms with Gasteiger partial charge in [0.25, 0.3) is 0 Å². The first-order valence-electron chi connectivity index (χ1n) is 7.12. The SMILES string of the molecule is CCC(NC1CCN(C(=O)C(C)C)CC1)C(=O)OC. The van der Waals surface area contributed by atoms with Gasteiger partial charge < -0.3 is 15.0 Å². The topological polar surface area (TPSA) is 58.6 Å². The molecule has 0 spiro atoms. The average molecular weight is 270 g/mol. The van der Waals surface area contributed by atoms with Gasteiger partial charge in [-0.1, -0.05) is 20.8 Å². The van der Waals surface area contributed by atoms with E-state index < -0.39 is 0 Å². The molecule has 0 aliphatic carbocycles. The monoisotopic (exact) mass is 270 g/mol. The number of methoxy groups -OCH3 is 1. The van der Waals surface area contributed by atoms with Crippen LogP contribution >= 0.6 is 0 Å². The highest BCUT2D eigenvalue weighted by Crippen LogP contribution is 2.14. The second-order valence-corrected chi connectivity index (χ2v) is 5.40. The lowest BCUT2D eigenvalue weighted by Gasteiger charge is -2.34. The second kappa shape index (κ2) is 7.48. The van der Waals surface area contributed by atoms with Gasteiger partial charge in [-0.3, -0.25) is 9.59 Å². The predicted octanol–water partition coefficient (Wildman–Crippen LogP) is 1.17. The van der Waals surface area contributed by atoms with Crippen LogP contribution in [0.1, 0.15) is 40.0 Å². The zero-order chi connectivity index (χ0) is 14.4. The van der Waals surface area contributed by atoms with Gasteiger partial charge in [0, 0.05) is 25.0 Å². The van der Waals surface area contributed by atoms with Crippen LogP contribution in [0.25, 0.3) is 0 Å². The minimum absolute atomic E-state index is 0.0583. The fourth-order valence-corrected chi connectivity index (χ4v) is 2.41. The number of ether oxygens (including phenoxy) is 1. The van der Waals surface area contributed by atoms with E-state index in [0.717, 1.165) is 32.4 Å². The number of piperidine rings is 1. The summed E-state index contributed by atoms with van der Waals surface area (Å²) in [7, 11) is 1.41. The van der Waals surface area contributed by atoms with E-state index in [1.54, 1.807) is 0 Å². The molecule has 1 fully saturated rings. The molecule has 1 N–H and O–H groups in total. The number of likely N-dealkylation sites (tertiary alicyclic amines) is 1. The summed E-state index contributed by atoms with van der Waals surface area (Å²) in [5.41, 5.74) is 0. The summed E-state index contributed by atoms with van der Waals surface area (Å²) in [4.78, 5) is 25.3. The van der Waals surface area contributed by atoms with Crippen molar-refractivity contribution in [1.29, 1.82) is 0 Å². The molecule has 1 heterocycles. The van der Waals surface area contributed by atoms with Crippen molar-refractivity contribution in [3.05, 3.63) is 0 Å². The maximum Gasteiger partial charge on any atom is 0.322 e. The first-order chi connectivity index (χ1) is 8.99. The molecular formula is C14H26N2O3. The Morgan fingerprint density at radius 2 is 1.89 bits per heavy atom. The van der Waals surface area contributed by atoms with Crippen molar-refractivity contribution in [3.8, 4) is 0 Å². The smallest absolute Gasteiger partial charge is 0.322 e. The van der Waals surface area contributed by atoms with Gasteiger partial charge in [-0.05, 0) is 19.3 Å². The van der Waals surface area contributed by atoms with E-state index in [0.29, 0.717) is 6.04 Å². The van der Waals surface area contributed by atoms with Crippen molar-refractivity contribution in [2.45, 2.75) is 52.1 Å². The Hall–Kier alpha value is -1.10. The van der Waals surface area contributed by atoms with Crippen LogP contribution in [0, 0.1) is 5.92 Å². The van der Waals surface area contributed by atoms with Crippen LogP contribution in [-0.2, 0) is 14.3 Å². The molecule has 1 unspecified atom stereocenters. The number of hydrogen-bond acceptors (Lipinski definition) is 4. The van der Waals surface area contributed by atoms with Crippen LogP contribution in [0.15, 0.2) is 0 Å². The Balaban J connectivity index is 2.41. The Kier molecular flexibility index (Phi) is 6.28. The van der Waals surface area contributed by atoms with E-state index in [-0.39, 0.29) is 23.8 Å². The third-order valence-corrected chi connectivity index (χ3v) is 3.63. The number of amides is 1. The van der Waals surface area contributed by atoms with Gasteiger partial charge in [0.2, 0.25) is 5.91 Å². The lowest BCUT2D eigenvalue weighted by atomic mass is 10.0. The fraction of sp³-hybridized carbons (Fsp3) is 0.857. The highest BCUT2D eigenvalue weighted by molar-refractivity contribution is 5.78. The van der Waals surface area contributed by atoms with E-state index in [1.165, 1.54) is 7.11 Å². The maximum atomic E-state index is 11.9. The van der Waals surface area contributed by atoms with Crippen LogP contribution in [0.5, 0.6) is 0 Å². The molecule has 1 atom stereocenters. The summed E-state index contributed by atoms with van der Waals surface area (Å²) < 4.78 is 4.77. The van der Waals surface area contributed by atoms with E-state index in [1.807, 2.05) is 25.7 Å². The van der Waals surface area contributed by atoms with Crippen molar-refractivity contribution in [2.24, 2.45) is 5.92 Å². The quantitative estimate of drug-likeness (QED) is 0.762. The number of rotatable bonds is 5. The molecule has 0 aromatic rings. The molecule has 19 heavy (non-hydrogen) atoms. The van der Waals surface area contributed by atoms with Crippen LogP contribution < -0.4 is 5.32 Å². The Labute approximate surface area is 115 Å². The lowest BCUT2D eigenvalue weighted by molar-refractivity contribution is -0.144. The standard InChI is InChI=1S/C14H26N2O3/c1-5-12(14(18)19-4)15-11-6-8-16(9-7-11)13(17)10(2)3/h10-12,15H,5-9H2,1-4H3. The van der Waals surface area contributed by atoms with Gasteiger partial charge >= 0.3 is 5.97 Å². The van der Waals surface area contributed by atoms with Crippen molar-refractivity contribution < 1.29 is 14.3 Å². The van der Waals surface area contributed by atoms with E-state index >= 15 is 0 Å². The van der Waals surface area contributed by atoms with Crippen molar-refractivity contribution in [3.63, 3.8) is 0 Å². The third kappa shape index (κ3) is 4.49. The first-order valence-corrected chi connectivity index (χ1v) is 7.12. The van der Waals surface area contributed by atoms with Gasteiger partial charge in [-0.15, -0.1) is 0 Å². The summed E-state index contributed by atoms with van der Waals surface area (Å²) in [6.07, 6.45) is 2.51. The number of esters is 1. The zero-order valence-electron chi connectivity index (χ0n) is 12.4. The Morgan fingerprint density at radius 1 is 1.32 bits per heavy atom. The highest BCUT2D eigenvalue weighted by atomic mass is 16.5. The number of nitrogens with one attached hydrogen (secondary N) is 1. The molecule has 1 rings (SSSR count). The second-order valence-electron chi connectivity index (χ2n) is 5.40. The summed E-state index contributed by atoms with van der Waals surface area (Å²) in [5, 5.41) is 3.33. The molecule has 1 aliphatic rings. The molecule has 0 aromatic carbocycles. The maximum absolute atomic E-state index is 11.9. The molecule has 110 valence electrons. The van der Waals surface area contributed by atoms with Crippen molar-refractivity contribution >= 4 is 11.9 Å². The average Bonchev–Trinajstić information content (AvgIpc) is 2.43. The van der Waals surface area contributed by atoms with Gasteiger partial charge in [0.05, 0.1) is 7.11 Å². The summed E-state index contributed by atoms with van der Waals surface area (Å²) in [6.45, 7) is 7.36. The van der Waals surface area contributed by atoms with E-state index in [4.69, 9.17) is 4.74 Å². The molecule has 1 saturated heterocycles. The van der Waals surface area contributed by atoms with Gasteiger partial charge in [0.15, 0.2) is 0 Å². The fourth-order valence-electron chi connectivity index (χ4n) is 2.41. The normalized spacial score (nSPS) is 18.5. The minimum atomic E-state index is -0.234. The molecule has 0 bridgehead atoms. The number of hydrogen-bond donors (Lipinski definition) is 1. The van der Waals surface area contributed by atoms with Gasteiger partial charge in [0.1, 0.15) is 6.04 Å². The molecule has 0 saturated carbocycles. The Morgan fingerprint density at radius 3 is 2.32 bits per heavy atom. The van der Waals surface area contributed by atoms with Crippen LogP contribution in [0.2, 0.25) is 0 Å². The zero-order valence-corrected chi connectivity index (χ0v) is 12.4. The minimum Gasteiger partial charge on any atom is -0.468 e. The van der Waals surface area contributed by atoms with Crippen molar-refractivity contribution in [2.75, 3.05) is 20.2 Å². The molecule has 1 amide bonds. The molecule has 5 nitrogen and oxygen atoms in total. The van der Waals surface area contributed by atoms with E-state index in [9.17, 15) is 9.59 Å². The lowest BCUT2D eigenvalue weighted by Crippen LogP contribution is -2.50. The van der Waals surface area contributed by atoms with Gasteiger partial charge in [-0.25, -0.2) is 0 Å². The van der Waals surface area contributed by atoms with Crippen LogP contribution in [0.3, 0.4) is 0 Å². The number of carbonyl (C=O) groups is 2. The third-order valence-electron chi connectivity index (χ3n) is 3.63. The van der Waals surface area contributed by atoms with E-state index in [2.05, 4.69) is 5.32 Å². The number of nitrogens with zero attached hydrogens (tertiary/aromatic N) is 1. The summed E-state index contributed by atoms with van der Waals surface area (Å²) in [6, 6.07) is 0.0580. The van der Waals surface area contributed by atoms with Crippen LogP contribution in [0.4, 0.5) is 0 Å². The first kappa shape index (κ1) is 16.0. The Bertz CT molecular complexity index is 310. The van der Waals surface area contributed by atoms with Crippen LogP contribution in [-0.4, -0.2) is 49.1 Å². The molecule has 5 heteroatoms. The molecule has 0 radical (unpaired) electrons. The molecule has 0 aromatic heterocycles. The van der Waals surface area contributed by atoms with Crippen molar-refractivity contribution in [1.82, 2.24) is 10.2 Å². The molecular weight excluding hydrogens is 244 g/mol.